The van der Waals surface area contributed by atoms with Gasteiger partial charge in [-0.25, -0.2) is 0 Å². The van der Waals surface area contributed by atoms with Crippen LogP contribution < -0.4 is 20.4 Å². The summed E-state index contributed by atoms with van der Waals surface area (Å²) in [6, 6.07) is 25.2. The molecular weight excluding hydrogens is 542 g/mol. The van der Waals surface area contributed by atoms with Gasteiger partial charge in [0, 0.05) is 61.0 Å². The number of aromatic nitrogens is 1. The van der Waals surface area contributed by atoms with Crippen molar-refractivity contribution < 1.29 is 18.4 Å². The van der Waals surface area contributed by atoms with Gasteiger partial charge < -0.3 is 28.8 Å². The summed E-state index contributed by atoms with van der Waals surface area (Å²) in [5.74, 6) is 1.25. The quantitative estimate of drug-likeness (QED) is 0.207. The standard InChI is InChI=1S/C35H33N3O5/c1-21-17-31(39)35-34(42-21)27(33(43-35)23-11-15-25(41-4)16-12-23)18-32(40)37-19-28(22-9-13-24(14-10-22)38(2)3)29-20-36-30-8-6-5-7-26(29)30/h5-17,20,28,36H,18-19H2,1-4H3,(H,37,40). The SMILES string of the molecule is COc1ccc(-c2oc3c(=O)cc(C)oc3c2CC(=O)NCC(c2ccc(N(C)C)cc2)c2c[nH]c3ccccc23)cc1. The molecule has 218 valence electrons. The third kappa shape index (κ3) is 5.51. The van der Waals surface area contributed by atoms with Crippen LogP contribution in [0, 0.1) is 6.92 Å². The molecule has 0 fully saturated rings. The Balaban J connectivity index is 1.33. The number of carbonyl (C=O) groups is 1. The van der Waals surface area contributed by atoms with Crippen LogP contribution in [0.2, 0.25) is 0 Å². The molecule has 8 heteroatoms. The summed E-state index contributed by atoms with van der Waals surface area (Å²) in [5.41, 5.74) is 5.66. The Morgan fingerprint density at radius 3 is 2.44 bits per heavy atom. The van der Waals surface area contributed by atoms with Crippen LogP contribution in [-0.2, 0) is 11.2 Å². The number of H-pyrrole nitrogens is 1. The van der Waals surface area contributed by atoms with Gasteiger partial charge in [0.15, 0.2) is 5.58 Å². The van der Waals surface area contributed by atoms with E-state index in [2.05, 4.69) is 45.5 Å². The molecule has 3 aromatic heterocycles. The normalized spacial score (nSPS) is 12.0. The second-order valence-electron chi connectivity index (χ2n) is 10.8. The average Bonchev–Trinajstić information content (AvgIpc) is 3.60. The predicted octanol–water partition coefficient (Wildman–Crippen LogP) is 6.41. The van der Waals surface area contributed by atoms with Gasteiger partial charge in [-0.15, -0.1) is 0 Å². The number of nitrogens with one attached hydrogen (secondary N) is 2. The van der Waals surface area contributed by atoms with E-state index in [0.29, 0.717) is 40.5 Å². The highest BCUT2D eigenvalue weighted by molar-refractivity contribution is 5.90. The van der Waals surface area contributed by atoms with Gasteiger partial charge in [-0.3, -0.25) is 9.59 Å². The number of furan rings is 1. The summed E-state index contributed by atoms with van der Waals surface area (Å²) in [7, 11) is 5.61. The van der Waals surface area contributed by atoms with E-state index in [9.17, 15) is 9.59 Å². The van der Waals surface area contributed by atoms with E-state index in [0.717, 1.165) is 27.7 Å². The summed E-state index contributed by atoms with van der Waals surface area (Å²) in [5, 5.41) is 4.27. The molecule has 0 aliphatic carbocycles. The fourth-order valence-corrected chi connectivity index (χ4v) is 5.53. The number of hydrogen-bond donors (Lipinski definition) is 2. The monoisotopic (exact) mass is 575 g/mol. The fraction of sp³-hybridized carbons (Fsp3) is 0.200. The molecular formula is C35H33N3O5. The molecule has 3 aromatic carbocycles. The minimum atomic E-state index is -0.291. The number of fused-ring (bicyclic) bond motifs is 2. The second-order valence-corrected chi connectivity index (χ2v) is 10.8. The fourth-order valence-electron chi connectivity index (χ4n) is 5.53. The van der Waals surface area contributed by atoms with Gasteiger partial charge >= 0.3 is 0 Å². The van der Waals surface area contributed by atoms with Gasteiger partial charge in [-0.05, 0) is 60.5 Å². The second kappa shape index (κ2) is 11.6. The maximum atomic E-state index is 13.6. The van der Waals surface area contributed by atoms with Crippen molar-refractivity contribution in [1.29, 1.82) is 0 Å². The summed E-state index contributed by atoms with van der Waals surface area (Å²) in [6.07, 6.45) is 1.99. The first-order valence-corrected chi connectivity index (χ1v) is 14.1. The first-order chi connectivity index (χ1) is 20.8. The summed E-state index contributed by atoms with van der Waals surface area (Å²) in [6.45, 7) is 2.08. The number of aryl methyl sites for hydroxylation is 1. The lowest BCUT2D eigenvalue weighted by Gasteiger charge is -2.20. The van der Waals surface area contributed by atoms with E-state index in [-0.39, 0.29) is 29.3 Å². The van der Waals surface area contributed by atoms with Gasteiger partial charge in [0.25, 0.3) is 0 Å². The molecule has 43 heavy (non-hydrogen) atoms. The zero-order valence-electron chi connectivity index (χ0n) is 24.6. The van der Waals surface area contributed by atoms with E-state index in [1.807, 2.05) is 50.6 Å². The smallest absolute Gasteiger partial charge is 0.228 e. The summed E-state index contributed by atoms with van der Waals surface area (Å²) in [4.78, 5) is 31.8. The Labute approximate surface area is 248 Å². The van der Waals surface area contributed by atoms with Crippen molar-refractivity contribution >= 4 is 33.7 Å². The van der Waals surface area contributed by atoms with E-state index in [1.54, 1.807) is 26.2 Å². The average molecular weight is 576 g/mol. The van der Waals surface area contributed by atoms with Gasteiger partial charge in [-0.2, -0.15) is 0 Å². The van der Waals surface area contributed by atoms with E-state index >= 15 is 0 Å². The maximum absolute atomic E-state index is 13.6. The summed E-state index contributed by atoms with van der Waals surface area (Å²) >= 11 is 0. The third-order valence-corrected chi connectivity index (χ3v) is 7.78. The molecule has 2 N–H and O–H groups in total. The number of amides is 1. The number of carbonyl (C=O) groups excluding carboxylic acids is 1. The minimum Gasteiger partial charge on any atom is -0.497 e. The van der Waals surface area contributed by atoms with Crippen LogP contribution in [0.15, 0.2) is 98.7 Å². The molecule has 0 spiro atoms. The van der Waals surface area contributed by atoms with E-state index in [1.165, 1.54) is 6.07 Å². The number of anilines is 1. The van der Waals surface area contributed by atoms with Crippen LogP contribution in [0.5, 0.6) is 5.75 Å². The molecule has 0 saturated heterocycles. The molecule has 1 amide bonds. The zero-order chi connectivity index (χ0) is 30.1. The Morgan fingerprint density at radius 2 is 1.72 bits per heavy atom. The highest BCUT2D eigenvalue weighted by Gasteiger charge is 2.24. The Bertz CT molecular complexity index is 1960. The van der Waals surface area contributed by atoms with Crippen LogP contribution in [0.3, 0.4) is 0 Å². The largest absolute Gasteiger partial charge is 0.497 e. The van der Waals surface area contributed by atoms with Crippen LogP contribution in [0.4, 0.5) is 5.69 Å². The molecule has 0 aliphatic heterocycles. The van der Waals surface area contributed by atoms with E-state index in [4.69, 9.17) is 13.6 Å². The number of ether oxygens (including phenoxy) is 1. The highest BCUT2D eigenvalue weighted by Crippen LogP contribution is 2.35. The number of aromatic amines is 1. The molecule has 0 radical (unpaired) electrons. The number of rotatable bonds is 9. The Hall–Kier alpha value is -5.24. The Kier molecular flexibility index (Phi) is 7.50. The lowest BCUT2D eigenvalue weighted by Crippen LogP contribution is -2.30. The zero-order valence-corrected chi connectivity index (χ0v) is 24.6. The molecule has 8 nitrogen and oxygen atoms in total. The maximum Gasteiger partial charge on any atom is 0.228 e. The van der Waals surface area contributed by atoms with Crippen molar-refractivity contribution in [2.24, 2.45) is 0 Å². The van der Waals surface area contributed by atoms with Gasteiger partial charge in [0.1, 0.15) is 17.3 Å². The first-order valence-electron chi connectivity index (χ1n) is 14.1. The van der Waals surface area contributed by atoms with Crippen molar-refractivity contribution in [3.63, 3.8) is 0 Å². The molecule has 6 aromatic rings. The number of nitrogens with zero attached hydrogens (tertiary/aromatic N) is 1. The van der Waals surface area contributed by atoms with Gasteiger partial charge in [0.05, 0.1) is 19.1 Å². The Morgan fingerprint density at radius 1 is 0.977 bits per heavy atom. The number of para-hydroxylation sites is 1. The molecule has 3 heterocycles. The predicted molar refractivity (Wildman–Crippen MR) is 169 cm³/mol. The molecule has 6 rings (SSSR count). The van der Waals surface area contributed by atoms with Crippen LogP contribution in [0.1, 0.15) is 28.4 Å². The number of benzene rings is 3. The molecule has 0 bridgehead atoms. The van der Waals surface area contributed by atoms with Crippen LogP contribution in [-0.4, -0.2) is 38.6 Å². The summed E-state index contributed by atoms with van der Waals surface area (Å²) < 4.78 is 17.3. The highest BCUT2D eigenvalue weighted by atomic mass is 16.5. The molecule has 1 atom stereocenters. The molecule has 0 aliphatic rings. The van der Waals surface area contributed by atoms with Crippen LogP contribution in [0.25, 0.3) is 33.4 Å². The van der Waals surface area contributed by atoms with Crippen molar-refractivity contribution in [3.8, 4) is 17.1 Å². The van der Waals surface area contributed by atoms with Crippen molar-refractivity contribution in [1.82, 2.24) is 10.3 Å². The lowest BCUT2D eigenvalue weighted by molar-refractivity contribution is -0.120. The number of hydrogen-bond acceptors (Lipinski definition) is 6. The van der Waals surface area contributed by atoms with Crippen molar-refractivity contribution in [2.45, 2.75) is 19.3 Å². The third-order valence-electron chi connectivity index (χ3n) is 7.78. The minimum absolute atomic E-state index is 0.0269. The van der Waals surface area contributed by atoms with Crippen LogP contribution >= 0.6 is 0 Å². The molecule has 0 saturated carbocycles. The van der Waals surface area contributed by atoms with E-state index < -0.39 is 0 Å². The van der Waals surface area contributed by atoms with Gasteiger partial charge in [0.2, 0.25) is 16.9 Å². The molecule has 1 unspecified atom stereocenters. The first kappa shape index (κ1) is 27.9. The van der Waals surface area contributed by atoms with Crippen molar-refractivity contribution in [2.75, 3.05) is 32.6 Å². The lowest BCUT2D eigenvalue weighted by atomic mass is 9.90. The van der Waals surface area contributed by atoms with Crippen molar-refractivity contribution in [3.05, 3.63) is 118 Å². The van der Waals surface area contributed by atoms with Gasteiger partial charge in [-0.1, -0.05) is 30.3 Å². The topological polar surface area (TPSA) is 101 Å². The number of methoxy groups -OCH3 is 1.